The van der Waals surface area contributed by atoms with E-state index in [-0.39, 0.29) is 10.8 Å². The molecule has 0 saturated carbocycles. The monoisotopic (exact) mass is 276 g/mol. The first-order valence-electron chi connectivity index (χ1n) is 5.68. The maximum atomic E-state index is 11.8. The normalized spacial score (nSPS) is 10.1. The summed E-state index contributed by atoms with van der Waals surface area (Å²) in [5.41, 5.74) is 0.903. The van der Waals surface area contributed by atoms with E-state index in [9.17, 15) is 9.59 Å². The van der Waals surface area contributed by atoms with Crippen molar-refractivity contribution in [1.82, 2.24) is 10.3 Å². The van der Waals surface area contributed by atoms with Crippen molar-refractivity contribution in [2.45, 2.75) is 6.42 Å². The average Bonchev–Trinajstić information content (AvgIpc) is 2.89. The SMILES string of the molecule is O=C(O)c1ccc(C(=O)NCCc2ccccn2)s1. The van der Waals surface area contributed by atoms with Gasteiger partial charge < -0.3 is 10.4 Å². The fourth-order valence-corrected chi connectivity index (χ4v) is 2.27. The van der Waals surface area contributed by atoms with Gasteiger partial charge in [0.25, 0.3) is 5.91 Å². The Morgan fingerprint density at radius 3 is 2.63 bits per heavy atom. The highest BCUT2D eigenvalue weighted by Gasteiger charge is 2.12. The molecule has 2 aromatic heterocycles. The Kier molecular flexibility index (Phi) is 4.25. The minimum Gasteiger partial charge on any atom is -0.477 e. The molecule has 5 nitrogen and oxygen atoms in total. The van der Waals surface area contributed by atoms with Crippen molar-refractivity contribution >= 4 is 23.2 Å². The number of carboxylic acid groups (broad SMARTS) is 1. The number of carbonyl (C=O) groups excluding carboxylic acids is 1. The number of carboxylic acids is 1. The van der Waals surface area contributed by atoms with Crippen LogP contribution in [0.2, 0.25) is 0 Å². The van der Waals surface area contributed by atoms with Gasteiger partial charge in [0.15, 0.2) is 0 Å². The van der Waals surface area contributed by atoms with Crippen LogP contribution in [-0.2, 0) is 6.42 Å². The van der Waals surface area contributed by atoms with Crippen molar-refractivity contribution < 1.29 is 14.7 Å². The van der Waals surface area contributed by atoms with Gasteiger partial charge in [0.05, 0.1) is 4.88 Å². The van der Waals surface area contributed by atoms with E-state index >= 15 is 0 Å². The van der Waals surface area contributed by atoms with Gasteiger partial charge >= 0.3 is 5.97 Å². The van der Waals surface area contributed by atoms with Gasteiger partial charge in [-0.25, -0.2) is 4.79 Å². The first-order valence-corrected chi connectivity index (χ1v) is 6.49. The number of rotatable bonds is 5. The average molecular weight is 276 g/mol. The largest absolute Gasteiger partial charge is 0.477 e. The Morgan fingerprint density at radius 2 is 2.00 bits per heavy atom. The van der Waals surface area contributed by atoms with E-state index in [4.69, 9.17) is 5.11 Å². The molecule has 0 fully saturated rings. The maximum Gasteiger partial charge on any atom is 0.345 e. The standard InChI is InChI=1S/C13H12N2O3S/c16-12(10-4-5-11(19-10)13(17)18)15-8-6-9-3-1-2-7-14-9/h1-5,7H,6,8H2,(H,15,16)(H,17,18). The van der Waals surface area contributed by atoms with Gasteiger partial charge in [-0.05, 0) is 24.3 Å². The van der Waals surface area contributed by atoms with E-state index in [0.717, 1.165) is 17.0 Å². The lowest BCUT2D eigenvalue weighted by Crippen LogP contribution is -2.25. The molecule has 0 saturated heterocycles. The molecule has 0 aromatic carbocycles. The summed E-state index contributed by atoms with van der Waals surface area (Å²) in [5, 5.41) is 11.5. The molecule has 98 valence electrons. The Bertz CT molecular complexity index is 581. The van der Waals surface area contributed by atoms with Crippen LogP contribution in [0.1, 0.15) is 25.0 Å². The molecule has 2 aromatic rings. The van der Waals surface area contributed by atoms with Gasteiger partial charge in [-0.3, -0.25) is 9.78 Å². The Morgan fingerprint density at radius 1 is 1.21 bits per heavy atom. The number of aromatic nitrogens is 1. The summed E-state index contributed by atoms with van der Waals surface area (Å²) >= 11 is 0.968. The van der Waals surface area contributed by atoms with Gasteiger partial charge in [0.1, 0.15) is 4.88 Å². The number of carbonyl (C=O) groups is 2. The summed E-state index contributed by atoms with van der Waals surface area (Å²) in [5.74, 6) is -1.27. The van der Waals surface area contributed by atoms with E-state index in [0.29, 0.717) is 17.8 Å². The molecule has 6 heteroatoms. The first kappa shape index (κ1) is 13.2. The highest BCUT2D eigenvalue weighted by atomic mass is 32.1. The van der Waals surface area contributed by atoms with Crippen molar-refractivity contribution in [1.29, 1.82) is 0 Å². The Balaban J connectivity index is 1.85. The van der Waals surface area contributed by atoms with Gasteiger partial charge in [-0.15, -0.1) is 11.3 Å². The fourth-order valence-electron chi connectivity index (χ4n) is 1.51. The molecular weight excluding hydrogens is 264 g/mol. The van der Waals surface area contributed by atoms with Gasteiger partial charge in [0.2, 0.25) is 0 Å². The topological polar surface area (TPSA) is 79.3 Å². The number of pyridine rings is 1. The number of hydrogen-bond acceptors (Lipinski definition) is 4. The van der Waals surface area contributed by atoms with Crippen LogP contribution < -0.4 is 5.32 Å². The van der Waals surface area contributed by atoms with E-state index in [1.54, 1.807) is 6.20 Å². The lowest BCUT2D eigenvalue weighted by molar-refractivity contribution is 0.0702. The van der Waals surface area contributed by atoms with Crippen LogP contribution in [0.25, 0.3) is 0 Å². The summed E-state index contributed by atoms with van der Waals surface area (Å²) in [6, 6.07) is 8.56. The summed E-state index contributed by atoms with van der Waals surface area (Å²) in [7, 11) is 0. The summed E-state index contributed by atoms with van der Waals surface area (Å²) < 4.78 is 0. The second-order valence-electron chi connectivity index (χ2n) is 3.80. The molecule has 0 spiro atoms. The number of aromatic carboxylic acids is 1. The molecule has 2 rings (SSSR count). The number of amides is 1. The van der Waals surface area contributed by atoms with Crippen LogP contribution in [0.4, 0.5) is 0 Å². The minimum atomic E-state index is -1.02. The zero-order chi connectivity index (χ0) is 13.7. The summed E-state index contributed by atoms with van der Waals surface area (Å²) in [6.45, 7) is 0.468. The number of hydrogen-bond donors (Lipinski definition) is 2. The molecule has 0 bridgehead atoms. The van der Waals surface area contributed by atoms with Crippen molar-refractivity contribution in [3.05, 3.63) is 52.0 Å². The van der Waals surface area contributed by atoms with Crippen molar-refractivity contribution in [2.24, 2.45) is 0 Å². The number of nitrogens with zero attached hydrogens (tertiary/aromatic N) is 1. The van der Waals surface area contributed by atoms with Crippen LogP contribution >= 0.6 is 11.3 Å². The lowest BCUT2D eigenvalue weighted by Gasteiger charge is -2.02. The van der Waals surface area contributed by atoms with Crippen LogP contribution in [-0.4, -0.2) is 28.5 Å². The molecule has 0 atom stereocenters. The van der Waals surface area contributed by atoms with E-state index in [2.05, 4.69) is 10.3 Å². The Hall–Kier alpha value is -2.21. The molecule has 0 aliphatic rings. The smallest absolute Gasteiger partial charge is 0.345 e. The van der Waals surface area contributed by atoms with Crippen LogP contribution in [0.15, 0.2) is 36.5 Å². The minimum absolute atomic E-state index is 0.162. The molecule has 0 aliphatic carbocycles. The molecular formula is C13H12N2O3S. The fraction of sp³-hybridized carbons (Fsp3) is 0.154. The quantitative estimate of drug-likeness (QED) is 0.873. The first-order chi connectivity index (χ1) is 9.16. The zero-order valence-electron chi connectivity index (χ0n) is 10.00. The van der Waals surface area contributed by atoms with E-state index < -0.39 is 5.97 Å². The third-order valence-electron chi connectivity index (χ3n) is 2.43. The predicted molar refractivity (Wildman–Crippen MR) is 71.6 cm³/mol. The van der Waals surface area contributed by atoms with E-state index in [1.807, 2.05) is 18.2 Å². The molecule has 0 aliphatic heterocycles. The third-order valence-corrected chi connectivity index (χ3v) is 3.51. The lowest BCUT2D eigenvalue weighted by atomic mass is 10.2. The Labute approximate surface area is 113 Å². The van der Waals surface area contributed by atoms with Crippen LogP contribution in [0.5, 0.6) is 0 Å². The highest BCUT2D eigenvalue weighted by Crippen LogP contribution is 2.16. The molecule has 0 unspecified atom stereocenters. The zero-order valence-corrected chi connectivity index (χ0v) is 10.8. The van der Waals surface area contributed by atoms with E-state index in [1.165, 1.54) is 12.1 Å². The second kappa shape index (κ2) is 6.10. The molecule has 2 N–H and O–H groups in total. The number of thiophene rings is 1. The van der Waals surface area contributed by atoms with Crippen LogP contribution in [0.3, 0.4) is 0 Å². The molecule has 19 heavy (non-hydrogen) atoms. The maximum absolute atomic E-state index is 11.8. The van der Waals surface area contributed by atoms with Gasteiger partial charge in [0, 0.05) is 24.9 Å². The number of nitrogens with one attached hydrogen (secondary N) is 1. The van der Waals surface area contributed by atoms with Gasteiger partial charge in [-0.1, -0.05) is 6.07 Å². The molecule has 2 heterocycles. The predicted octanol–water partition coefficient (Wildman–Crippen LogP) is 1.81. The van der Waals surface area contributed by atoms with Crippen molar-refractivity contribution in [2.75, 3.05) is 6.54 Å². The molecule has 0 radical (unpaired) electrons. The molecule has 1 amide bonds. The van der Waals surface area contributed by atoms with Crippen molar-refractivity contribution in [3.8, 4) is 0 Å². The van der Waals surface area contributed by atoms with Crippen molar-refractivity contribution in [3.63, 3.8) is 0 Å². The van der Waals surface area contributed by atoms with Crippen LogP contribution in [0, 0.1) is 0 Å². The summed E-state index contributed by atoms with van der Waals surface area (Å²) in [4.78, 5) is 27.2. The van der Waals surface area contributed by atoms with Gasteiger partial charge in [-0.2, -0.15) is 0 Å². The third kappa shape index (κ3) is 3.62. The second-order valence-corrected chi connectivity index (χ2v) is 4.88. The summed E-state index contributed by atoms with van der Waals surface area (Å²) in [6.07, 6.45) is 2.35. The highest BCUT2D eigenvalue weighted by molar-refractivity contribution is 7.15.